The molecule has 0 bridgehead atoms. The fraction of sp³-hybridized carbons (Fsp3) is 0. The summed E-state index contributed by atoms with van der Waals surface area (Å²) in [4.78, 5) is 9.61. The molecule has 0 saturated carbocycles. The molecule has 19 heavy (non-hydrogen) atoms. The third-order valence-electron chi connectivity index (χ3n) is 2.08. The fourth-order valence-corrected chi connectivity index (χ4v) is 3.02. The maximum atomic E-state index is 12.1. The average molecular weight is 348 g/mol. The predicted molar refractivity (Wildman–Crippen MR) is 68.1 cm³/mol. The predicted octanol–water partition coefficient (Wildman–Crippen LogP) is 2.15. The van der Waals surface area contributed by atoms with Crippen molar-refractivity contribution in [1.82, 2.24) is 5.16 Å². The van der Waals surface area contributed by atoms with E-state index in [2.05, 4.69) is 30.3 Å². The first-order chi connectivity index (χ1) is 8.90. The number of nitrogens with one attached hydrogen (secondary N) is 1. The zero-order valence-electron chi connectivity index (χ0n) is 9.11. The first-order valence-corrected chi connectivity index (χ1v) is 7.05. The Morgan fingerprint density at radius 1 is 1.37 bits per heavy atom. The number of benzene rings is 1. The van der Waals surface area contributed by atoms with Crippen molar-refractivity contribution < 1.29 is 17.9 Å². The standard InChI is InChI=1S/C9H6BrN3O5S/c10-6-1-2-7(13(14)15)8(5-6)19(16,17)12-9-3-4-18-11-9/h1-5H,(H,11,12). The molecule has 0 aliphatic carbocycles. The van der Waals surface area contributed by atoms with Crippen molar-refractivity contribution in [1.29, 1.82) is 0 Å². The molecule has 0 spiro atoms. The smallest absolute Gasteiger partial charge is 0.289 e. The van der Waals surface area contributed by atoms with Crippen molar-refractivity contribution in [3.05, 3.63) is 45.1 Å². The number of rotatable bonds is 4. The molecule has 0 fully saturated rings. The highest BCUT2D eigenvalue weighted by Gasteiger charge is 2.26. The van der Waals surface area contributed by atoms with Gasteiger partial charge in [-0.2, -0.15) is 0 Å². The molecule has 0 aliphatic heterocycles. The van der Waals surface area contributed by atoms with Gasteiger partial charge < -0.3 is 4.52 Å². The van der Waals surface area contributed by atoms with Gasteiger partial charge in [0.15, 0.2) is 10.7 Å². The highest BCUT2D eigenvalue weighted by molar-refractivity contribution is 9.10. The van der Waals surface area contributed by atoms with Crippen LogP contribution in [-0.2, 0) is 10.0 Å². The van der Waals surface area contributed by atoms with Crippen molar-refractivity contribution >= 4 is 37.5 Å². The van der Waals surface area contributed by atoms with E-state index in [4.69, 9.17) is 0 Å². The summed E-state index contributed by atoms with van der Waals surface area (Å²) in [6.07, 6.45) is 1.17. The molecule has 1 aromatic carbocycles. The molecular formula is C9H6BrN3O5S. The van der Waals surface area contributed by atoms with Crippen LogP contribution in [0.2, 0.25) is 0 Å². The number of nitrogens with zero attached hydrogens (tertiary/aromatic N) is 2. The number of aromatic nitrogens is 1. The second-order valence-electron chi connectivity index (χ2n) is 3.36. The van der Waals surface area contributed by atoms with E-state index < -0.39 is 25.5 Å². The largest absolute Gasteiger partial charge is 0.363 e. The van der Waals surface area contributed by atoms with Crippen LogP contribution in [0.5, 0.6) is 0 Å². The van der Waals surface area contributed by atoms with Crippen molar-refractivity contribution in [2.75, 3.05) is 4.72 Å². The average Bonchev–Trinajstić information content (AvgIpc) is 2.80. The maximum absolute atomic E-state index is 12.1. The first-order valence-electron chi connectivity index (χ1n) is 4.77. The normalized spacial score (nSPS) is 11.2. The van der Waals surface area contributed by atoms with Gasteiger partial charge in [-0.15, -0.1) is 0 Å². The van der Waals surface area contributed by atoms with Crippen LogP contribution in [-0.4, -0.2) is 18.5 Å². The van der Waals surface area contributed by atoms with Crippen LogP contribution in [0.3, 0.4) is 0 Å². The van der Waals surface area contributed by atoms with Gasteiger partial charge in [0, 0.05) is 16.6 Å². The summed E-state index contributed by atoms with van der Waals surface area (Å²) in [5, 5.41) is 14.2. The van der Waals surface area contributed by atoms with Crippen LogP contribution in [0.1, 0.15) is 0 Å². The quantitative estimate of drug-likeness (QED) is 0.669. The third kappa shape index (κ3) is 2.90. The molecule has 0 atom stereocenters. The van der Waals surface area contributed by atoms with E-state index >= 15 is 0 Å². The lowest BCUT2D eigenvalue weighted by molar-refractivity contribution is -0.387. The molecule has 2 rings (SSSR count). The lowest BCUT2D eigenvalue weighted by Crippen LogP contribution is -2.15. The Hall–Kier alpha value is -1.94. The second kappa shape index (κ2) is 4.97. The Morgan fingerprint density at radius 3 is 2.68 bits per heavy atom. The molecule has 1 heterocycles. The van der Waals surface area contributed by atoms with Gasteiger partial charge in [-0.1, -0.05) is 21.1 Å². The van der Waals surface area contributed by atoms with Crippen molar-refractivity contribution in [2.24, 2.45) is 0 Å². The van der Waals surface area contributed by atoms with Gasteiger partial charge in [0.25, 0.3) is 15.7 Å². The zero-order valence-corrected chi connectivity index (χ0v) is 11.5. The number of halogens is 1. The molecule has 0 unspecified atom stereocenters. The highest BCUT2D eigenvalue weighted by Crippen LogP contribution is 2.28. The second-order valence-corrected chi connectivity index (χ2v) is 5.93. The minimum atomic E-state index is -4.13. The summed E-state index contributed by atoms with van der Waals surface area (Å²) in [5.74, 6) is -0.0609. The van der Waals surface area contributed by atoms with E-state index in [0.29, 0.717) is 4.47 Å². The number of hydrogen-bond donors (Lipinski definition) is 1. The molecule has 10 heteroatoms. The Bertz CT molecular complexity index is 713. The van der Waals surface area contributed by atoms with E-state index in [1.807, 2.05) is 0 Å². The molecule has 0 aliphatic rings. The van der Waals surface area contributed by atoms with E-state index in [1.165, 1.54) is 18.4 Å². The SMILES string of the molecule is O=[N+]([O-])c1ccc(Br)cc1S(=O)(=O)Nc1ccon1. The molecular weight excluding hydrogens is 342 g/mol. The van der Waals surface area contributed by atoms with Crippen LogP contribution >= 0.6 is 15.9 Å². The fourth-order valence-electron chi connectivity index (χ4n) is 1.31. The topological polar surface area (TPSA) is 115 Å². The number of hydrogen-bond acceptors (Lipinski definition) is 6. The van der Waals surface area contributed by atoms with Gasteiger partial charge in [-0.3, -0.25) is 14.8 Å². The van der Waals surface area contributed by atoms with Crippen LogP contribution in [0.15, 0.2) is 44.4 Å². The van der Waals surface area contributed by atoms with Crippen LogP contribution in [0.4, 0.5) is 11.5 Å². The zero-order chi connectivity index (χ0) is 14.0. The Balaban J connectivity index is 2.50. The maximum Gasteiger partial charge on any atom is 0.289 e. The number of anilines is 1. The molecule has 100 valence electrons. The molecule has 1 N–H and O–H groups in total. The van der Waals surface area contributed by atoms with Crippen molar-refractivity contribution in [2.45, 2.75) is 4.90 Å². The van der Waals surface area contributed by atoms with Crippen molar-refractivity contribution in [3.63, 3.8) is 0 Å². The summed E-state index contributed by atoms with van der Waals surface area (Å²) in [6, 6.07) is 4.90. The first kappa shape index (κ1) is 13.5. The van der Waals surface area contributed by atoms with Crippen LogP contribution in [0.25, 0.3) is 0 Å². The summed E-state index contributed by atoms with van der Waals surface area (Å²) in [7, 11) is -4.13. The minimum Gasteiger partial charge on any atom is -0.363 e. The minimum absolute atomic E-state index is 0.0609. The van der Waals surface area contributed by atoms with Gasteiger partial charge >= 0.3 is 0 Å². The van der Waals surface area contributed by atoms with Gasteiger partial charge in [0.05, 0.1) is 4.92 Å². The molecule has 0 amide bonds. The Labute approximate surface area is 115 Å². The monoisotopic (exact) mass is 347 g/mol. The lowest BCUT2D eigenvalue weighted by atomic mass is 10.3. The van der Waals surface area contributed by atoms with Gasteiger partial charge in [-0.05, 0) is 12.1 Å². The molecule has 0 saturated heterocycles. The molecule has 1 aromatic heterocycles. The van der Waals surface area contributed by atoms with Gasteiger partial charge in [0.1, 0.15) is 6.26 Å². The van der Waals surface area contributed by atoms with Gasteiger partial charge in [-0.25, -0.2) is 8.42 Å². The summed E-state index contributed by atoms with van der Waals surface area (Å²) in [6.45, 7) is 0. The summed E-state index contributed by atoms with van der Waals surface area (Å²) < 4.78 is 31.1. The van der Waals surface area contributed by atoms with E-state index in [-0.39, 0.29) is 5.82 Å². The van der Waals surface area contributed by atoms with E-state index in [1.54, 1.807) is 0 Å². The van der Waals surface area contributed by atoms with Gasteiger partial charge in [0.2, 0.25) is 0 Å². The molecule has 0 radical (unpaired) electrons. The number of sulfonamides is 1. The van der Waals surface area contributed by atoms with Crippen LogP contribution in [0, 0.1) is 10.1 Å². The summed E-state index contributed by atoms with van der Waals surface area (Å²) >= 11 is 3.07. The van der Waals surface area contributed by atoms with E-state index in [9.17, 15) is 18.5 Å². The number of nitro benzene ring substituents is 1. The highest BCUT2D eigenvalue weighted by atomic mass is 79.9. The van der Waals surface area contributed by atoms with Crippen LogP contribution < -0.4 is 4.72 Å². The van der Waals surface area contributed by atoms with Crippen molar-refractivity contribution in [3.8, 4) is 0 Å². The molecule has 8 nitrogen and oxygen atoms in total. The Kier molecular flexibility index (Phi) is 3.53. The lowest BCUT2D eigenvalue weighted by Gasteiger charge is -2.06. The third-order valence-corrected chi connectivity index (χ3v) is 3.96. The summed E-state index contributed by atoms with van der Waals surface area (Å²) in [5.41, 5.74) is -0.529. The number of nitro groups is 1. The Morgan fingerprint density at radius 2 is 2.11 bits per heavy atom. The molecule has 2 aromatic rings. The van der Waals surface area contributed by atoms with E-state index in [0.717, 1.165) is 12.1 Å².